The minimum Gasteiger partial charge on any atom is -0.481 e. The van der Waals surface area contributed by atoms with E-state index in [9.17, 15) is 53.4 Å². The maximum Gasteiger partial charge on any atom is 0.407 e. The van der Waals surface area contributed by atoms with Crippen LogP contribution in [-0.4, -0.2) is 157 Å². The van der Waals surface area contributed by atoms with Crippen molar-refractivity contribution in [2.24, 2.45) is 23.7 Å². The van der Waals surface area contributed by atoms with Crippen LogP contribution < -0.4 is 31.9 Å². The molecule has 9 N–H and O–H groups in total. The molecule has 2 fully saturated rings. The summed E-state index contributed by atoms with van der Waals surface area (Å²) in [6.07, 6.45) is 0.572. The number of hydrogen-bond acceptors (Lipinski definition) is 13. The molecule has 346 valence electrons. The Bertz CT molecular complexity index is 1650. The zero-order valence-electron chi connectivity index (χ0n) is 35.4. The average Bonchev–Trinajstić information content (AvgIpc) is 3.57. The molecular weight excluding hydrogens is 818 g/mol. The van der Waals surface area contributed by atoms with Gasteiger partial charge in [0.25, 0.3) is 0 Å². The Balaban J connectivity index is 1.47. The Morgan fingerprint density at radius 3 is 2.06 bits per heavy atom. The zero-order valence-corrected chi connectivity index (χ0v) is 35.4. The third-order valence-corrected chi connectivity index (χ3v) is 10.6. The van der Waals surface area contributed by atoms with Gasteiger partial charge in [0.2, 0.25) is 29.5 Å². The molecule has 22 heteroatoms. The molecule has 3 aliphatic rings. The van der Waals surface area contributed by atoms with Gasteiger partial charge < -0.3 is 66.3 Å². The van der Waals surface area contributed by atoms with Gasteiger partial charge in [-0.1, -0.05) is 13.8 Å². The lowest BCUT2D eigenvalue weighted by Gasteiger charge is -2.30. The molecule has 3 rings (SSSR count). The molecule has 0 aromatic carbocycles. The normalized spacial score (nSPS) is 20.8. The van der Waals surface area contributed by atoms with Gasteiger partial charge in [-0.2, -0.15) is 0 Å². The van der Waals surface area contributed by atoms with Crippen LogP contribution in [0.3, 0.4) is 0 Å². The molecule has 1 aliphatic heterocycles. The quantitative estimate of drug-likeness (QED) is 0.0386. The molecule has 1 saturated heterocycles. The fourth-order valence-corrected chi connectivity index (χ4v) is 7.38. The summed E-state index contributed by atoms with van der Waals surface area (Å²) in [4.78, 5) is 114. The summed E-state index contributed by atoms with van der Waals surface area (Å²) < 4.78 is 16.0. The van der Waals surface area contributed by atoms with Crippen LogP contribution in [0.25, 0.3) is 0 Å². The third-order valence-electron chi connectivity index (χ3n) is 10.6. The van der Waals surface area contributed by atoms with Crippen molar-refractivity contribution in [3.05, 3.63) is 0 Å². The first-order valence-corrected chi connectivity index (χ1v) is 20.9. The van der Waals surface area contributed by atoms with Gasteiger partial charge in [-0.3, -0.25) is 33.6 Å². The van der Waals surface area contributed by atoms with Crippen molar-refractivity contribution in [3.63, 3.8) is 0 Å². The number of aliphatic carboxylic acids is 2. The molecule has 0 aromatic heterocycles. The average molecular weight is 880 g/mol. The molecular formula is C40H61N7O15. The molecule has 0 bridgehead atoms. The number of carboxylic acid groups (broad SMARTS) is 2. The summed E-state index contributed by atoms with van der Waals surface area (Å²) in [5.74, 6) is 0.773. The zero-order chi connectivity index (χ0) is 45.8. The van der Waals surface area contributed by atoms with Crippen molar-refractivity contribution in [2.45, 2.75) is 109 Å². The lowest BCUT2D eigenvalue weighted by atomic mass is 10.0. The summed E-state index contributed by atoms with van der Waals surface area (Å²) in [5, 5.41) is 42.3. The van der Waals surface area contributed by atoms with Gasteiger partial charge in [-0.15, -0.1) is 11.8 Å². The molecule has 0 radical (unpaired) electrons. The molecule has 62 heavy (non-hydrogen) atoms. The van der Waals surface area contributed by atoms with Gasteiger partial charge in [-0.25, -0.2) is 9.59 Å². The van der Waals surface area contributed by atoms with Crippen molar-refractivity contribution in [1.29, 1.82) is 0 Å². The number of carbonyl (C=O) groups excluding carboxylic acids is 7. The molecule has 0 spiro atoms. The minimum absolute atomic E-state index is 0.000171. The van der Waals surface area contributed by atoms with E-state index in [0.717, 1.165) is 32.6 Å². The van der Waals surface area contributed by atoms with Gasteiger partial charge in [0.15, 0.2) is 0 Å². The molecule has 7 amide bonds. The molecule has 1 heterocycles. The van der Waals surface area contributed by atoms with Crippen LogP contribution in [-0.2, 0) is 47.8 Å². The maximum atomic E-state index is 13.8. The first-order valence-electron chi connectivity index (χ1n) is 20.9. The number of carboxylic acids is 2. The number of nitrogens with one attached hydrogen (secondary N) is 6. The van der Waals surface area contributed by atoms with Crippen LogP contribution in [0.15, 0.2) is 0 Å². The van der Waals surface area contributed by atoms with E-state index in [1.54, 1.807) is 0 Å². The Labute approximate surface area is 359 Å². The largest absolute Gasteiger partial charge is 0.481 e. The van der Waals surface area contributed by atoms with Crippen molar-refractivity contribution >= 4 is 53.7 Å². The second-order valence-corrected chi connectivity index (χ2v) is 15.8. The van der Waals surface area contributed by atoms with E-state index in [4.69, 9.17) is 19.3 Å². The number of rotatable bonds is 25. The van der Waals surface area contributed by atoms with E-state index < -0.39 is 110 Å². The van der Waals surface area contributed by atoms with Crippen molar-refractivity contribution in [3.8, 4) is 11.8 Å². The van der Waals surface area contributed by atoms with Gasteiger partial charge >= 0.3 is 24.1 Å². The lowest BCUT2D eigenvalue weighted by molar-refractivity contribution is -0.142. The Kier molecular flexibility index (Phi) is 21.2. The highest BCUT2D eigenvalue weighted by Gasteiger charge is 2.49. The van der Waals surface area contributed by atoms with Crippen molar-refractivity contribution in [1.82, 2.24) is 36.8 Å². The van der Waals surface area contributed by atoms with E-state index in [1.165, 1.54) is 4.90 Å². The van der Waals surface area contributed by atoms with Gasteiger partial charge in [0, 0.05) is 32.4 Å². The summed E-state index contributed by atoms with van der Waals surface area (Å²) in [6, 6.07) is -5.43. The SMILES string of the molecule is CC(C)CC(NC(=O)OCCOCCNC(=O)OCC1[C@H]2CCC#CCC[C@@H]12)C(=O)N1CCCC1C(=O)NC(CCC(=O)O)C(=O)NC(C(=O)NCC(=O)NCC(=O)O)C(C)O. The third kappa shape index (κ3) is 17.7. The van der Waals surface area contributed by atoms with Crippen LogP contribution in [0.2, 0.25) is 0 Å². The smallest absolute Gasteiger partial charge is 0.407 e. The topological polar surface area (TPSA) is 317 Å². The number of likely N-dealkylation sites (tertiary alicyclic amines) is 1. The van der Waals surface area contributed by atoms with Gasteiger partial charge in [-0.05, 0) is 69.1 Å². The Hall–Kier alpha value is -5.69. The standard InChI is InChI=1S/C40H61N7O15/c1-23(2)19-29(45-40(59)61-18-17-60-16-14-41-39(58)62-22-27-25-9-6-4-5-7-10-26(25)27)38(57)47-15-8-11-30(47)36(55)44-28(12-13-32(50)51)35(54)46-34(24(3)48)37(56)43-20-31(49)42-21-33(52)53/h23-30,34,48H,6-22H2,1-3H3,(H,41,58)(H,42,49)(H,43,56)(H,44,55)(H,45,59)(H,46,54)(H,50,51)(H,52,53)/t24?,25-,26+,27?,28?,29?,30?,34?. The first kappa shape index (κ1) is 50.7. The van der Waals surface area contributed by atoms with E-state index in [1.807, 2.05) is 19.2 Å². The van der Waals surface area contributed by atoms with Gasteiger partial charge in [0.05, 0.1) is 32.5 Å². The van der Waals surface area contributed by atoms with E-state index in [2.05, 4.69) is 38.4 Å². The first-order chi connectivity index (χ1) is 29.5. The maximum absolute atomic E-state index is 13.8. The number of aliphatic hydroxyl groups excluding tert-OH is 1. The second-order valence-electron chi connectivity index (χ2n) is 15.8. The Morgan fingerprint density at radius 1 is 0.742 bits per heavy atom. The number of amides is 7. The van der Waals surface area contributed by atoms with Crippen LogP contribution in [0.5, 0.6) is 0 Å². The van der Waals surface area contributed by atoms with Gasteiger partial charge in [0.1, 0.15) is 37.3 Å². The number of nitrogens with zero attached hydrogens (tertiary/aromatic N) is 1. The summed E-state index contributed by atoms with van der Waals surface area (Å²) in [6.45, 7) is 4.06. The number of hydrogen-bond donors (Lipinski definition) is 9. The number of alkyl carbamates (subject to hydrolysis) is 2. The van der Waals surface area contributed by atoms with E-state index in [-0.39, 0.29) is 51.7 Å². The predicted molar refractivity (Wildman–Crippen MR) is 215 cm³/mol. The lowest BCUT2D eigenvalue weighted by Crippen LogP contribution is -2.60. The highest BCUT2D eigenvalue weighted by atomic mass is 16.6. The molecule has 6 unspecified atom stereocenters. The fourth-order valence-electron chi connectivity index (χ4n) is 7.38. The number of aliphatic hydroxyl groups is 1. The summed E-state index contributed by atoms with van der Waals surface area (Å²) >= 11 is 0. The van der Waals surface area contributed by atoms with Crippen molar-refractivity contribution < 1.29 is 72.7 Å². The van der Waals surface area contributed by atoms with E-state index >= 15 is 0 Å². The number of ether oxygens (including phenoxy) is 3. The Morgan fingerprint density at radius 2 is 1.44 bits per heavy atom. The van der Waals surface area contributed by atoms with E-state index in [0.29, 0.717) is 30.8 Å². The summed E-state index contributed by atoms with van der Waals surface area (Å²) in [5.41, 5.74) is 0. The predicted octanol–water partition coefficient (Wildman–Crippen LogP) is -1.17. The molecule has 8 atom stereocenters. The summed E-state index contributed by atoms with van der Waals surface area (Å²) in [7, 11) is 0. The second kappa shape index (κ2) is 25.9. The van der Waals surface area contributed by atoms with Crippen LogP contribution in [0.4, 0.5) is 9.59 Å². The van der Waals surface area contributed by atoms with Crippen LogP contribution >= 0.6 is 0 Å². The molecule has 2 aliphatic carbocycles. The van der Waals surface area contributed by atoms with Crippen LogP contribution in [0.1, 0.15) is 78.6 Å². The monoisotopic (exact) mass is 879 g/mol. The molecule has 22 nitrogen and oxygen atoms in total. The molecule has 0 aromatic rings. The highest BCUT2D eigenvalue weighted by molar-refractivity contribution is 5.96. The number of fused-ring (bicyclic) bond motifs is 1. The van der Waals surface area contributed by atoms with Crippen LogP contribution in [0, 0.1) is 35.5 Å². The fraction of sp³-hybridized carbons (Fsp3) is 0.725. The number of carbonyl (C=O) groups is 9. The highest BCUT2D eigenvalue weighted by Crippen LogP contribution is 2.52. The van der Waals surface area contributed by atoms with Crippen molar-refractivity contribution in [2.75, 3.05) is 52.6 Å². The minimum atomic E-state index is -1.67. The molecule has 1 saturated carbocycles.